The number of hydrogen-bond acceptors (Lipinski definition) is 2. The van der Waals surface area contributed by atoms with Crippen molar-refractivity contribution in [1.82, 2.24) is 4.90 Å². The molecule has 0 aliphatic carbocycles. The monoisotopic (exact) mass is 322 g/mol. The number of para-hydroxylation sites is 1. The third-order valence-corrected chi connectivity index (χ3v) is 4.12. The fourth-order valence-electron chi connectivity index (χ4n) is 2.05. The second kappa shape index (κ2) is 6.37. The highest BCUT2D eigenvalue weighted by Gasteiger charge is 2.21. The first-order valence-corrected chi connectivity index (χ1v) is 7.24. The van der Waals surface area contributed by atoms with E-state index >= 15 is 0 Å². The van der Waals surface area contributed by atoms with Crippen molar-refractivity contribution < 1.29 is 4.79 Å². The molecule has 0 radical (unpaired) electrons. The molecule has 0 spiro atoms. The Morgan fingerprint density at radius 1 is 1.14 bits per heavy atom. The van der Waals surface area contributed by atoms with Gasteiger partial charge >= 0.3 is 0 Å². The molecule has 0 bridgehead atoms. The first kappa shape index (κ1) is 15.7. The average molecular weight is 323 g/mol. The van der Waals surface area contributed by atoms with E-state index in [0.717, 1.165) is 5.56 Å². The van der Waals surface area contributed by atoms with Crippen molar-refractivity contribution in [1.29, 1.82) is 0 Å². The van der Waals surface area contributed by atoms with Crippen molar-refractivity contribution in [3.8, 4) is 0 Å². The minimum absolute atomic E-state index is 0.104. The normalized spacial score (nSPS) is 12.0. The van der Waals surface area contributed by atoms with Gasteiger partial charge in [-0.2, -0.15) is 0 Å². The maximum absolute atomic E-state index is 12.6. The van der Waals surface area contributed by atoms with Gasteiger partial charge in [0, 0.05) is 12.1 Å². The van der Waals surface area contributed by atoms with Crippen LogP contribution in [0.3, 0.4) is 0 Å². The molecule has 0 aliphatic heterocycles. The second-order valence-corrected chi connectivity index (χ2v) is 5.69. The van der Waals surface area contributed by atoms with Gasteiger partial charge in [0.1, 0.15) is 0 Å². The number of anilines is 1. The minimum atomic E-state index is -0.169. The minimum Gasteiger partial charge on any atom is -0.397 e. The largest absolute Gasteiger partial charge is 0.397 e. The van der Waals surface area contributed by atoms with E-state index in [4.69, 9.17) is 28.9 Å². The molecular formula is C16H16Cl2N2O. The molecule has 0 heterocycles. The van der Waals surface area contributed by atoms with E-state index in [2.05, 4.69) is 0 Å². The van der Waals surface area contributed by atoms with Crippen molar-refractivity contribution in [3.05, 3.63) is 63.6 Å². The van der Waals surface area contributed by atoms with Crippen LogP contribution in [0, 0.1) is 0 Å². The fraction of sp³-hybridized carbons (Fsp3) is 0.188. The van der Waals surface area contributed by atoms with E-state index in [1.807, 2.05) is 19.1 Å². The van der Waals surface area contributed by atoms with Gasteiger partial charge in [-0.05, 0) is 36.8 Å². The number of benzene rings is 2. The average Bonchev–Trinajstić information content (AvgIpc) is 2.48. The molecule has 21 heavy (non-hydrogen) atoms. The predicted octanol–water partition coefficient (Wildman–Crippen LogP) is 4.41. The standard InChI is InChI=1S/C16H16Cl2N2O/c1-10(11-6-8-12(17)9-7-11)20(2)16(21)13-4-3-5-14(18)15(13)19/h3-10H,19H2,1-2H3. The Bertz CT molecular complexity index is 656. The molecule has 0 fully saturated rings. The molecule has 0 aromatic heterocycles. The molecule has 110 valence electrons. The van der Waals surface area contributed by atoms with Gasteiger partial charge in [0.05, 0.1) is 22.3 Å². The maximum atomic E-state index is 12.6. The lowest BCUT2D eigenvalue weighted by Gasteiger charge is -2.26. The highest BCUT2D eigenvalue weighted by Crippen LogP contribution is 2.27. The van der Waals surface area contributed by atoms with Crippen LogP contribution in [0.1, 0.15) is 28.9 Å². The van der Waals surface area contributed by atoms with Crippen LogP contribution in [0.25, 0.3) is 0 Å². The summed E-state index contributed by atoms with van der Waals surface area (Å²) in [5, 5.41) is 1.05. The quantitative estimate of drug-likeness (QED) is 0.851. The molecule has 1 amide bonds. The molecule has 0 saturated carbocycles. The molecule has 0 aliphatic rings. The Morgan fingerprint density at radius 3 is 2.38 bits per heavy atom. The van der Waals surface area contributed by atoms with Crippen LogP contribution in [0.4, 0.5) is 5.69 Å². The summed E-state index contributed by atoms with van der Waals surface area (Å²) in [5.41, 5.74) is 7.59. The summed E-state index contributed by atoms with van der Waals surface area (Å²) in [5.74, 6) is -0.169. The van der Waals surface area contributed by atoms with Crippen molar-refractivity contribution in [2.75, 3.05) is 12.8 Å². The van der Waals surface area contributed by atoms with Crippen molar-refractivity contribution >= 4 is 34.8 Å². The van der Waals surface area contributed by atoms with E-state index < -0.39 is 0 Å². The Labute approximate surface area is 134 Å². The van der Waals surface area contributed by atoms with Crippen LogP contribution >= 0.6 is 23.2 Å². The third-order valence-electron chi connectivity index (χ3n) is 3.54. The summed E-state index contributed by atoms with van der Waals surface area (Å²) < 4.78 is 0. The molecule has 3 nitrogen and oxygen atoms in total. The fourth-order valence-corrected chi connectivity index (χ4v) is 2.35. The summed E-state index contributed by atoms with van der Waals surface area (Å²) in [6, 6.07) is 12.4. The molecule has 2 aromatic carbocycles. The lowest BCUT2D eigenvalue weighted by Crippen LogP contribution is -2.30. The first-order chi connectivity index (χ1) is 9.91. The van der Waals surface area contributed by atoms with Gasteiger partial charge in [-0.1, -0.05) is 41.4 Å². The van der Waals surface area contributed by atoms with Gasteiger partial charge < -0.3 is 10.6 Å². The summed E-state index contributed by atoms with van der Waals surface area (Å²) >= 11 is 11.8. The second-order valence-electron chi connectivity index (χ2n) is 4.84. The molecule has 5 heteroatoms. The van der Waals surface area contributed by atoms with Gasteiger partial charge in [0.15, 0.2) is 0 Å². The van der Waals surface area contributed by atoms with Gasteiger partial charge in [0.25, 0.3) is 5.91 Å². The van der Waals surface area contributed by atoms with Crippen molar-refractivity contribution in [2.45, 2.75) is 13.0 Å². The predicted molar refractivity (Wildman–Crippen MR) is 87.8 cm³/mol. The molecule has 2 N–H and O–H groups in total. The number of carbonyl (C=O) groups is 1. The number of hydrogen-bond donors (Lipinski definition) is 1. The summed E-state index contributed by atoms with van der Waals surface area (Å²) in [6.07, 6.45) is 0. The Hall–Kier alpha value is -1.71. The van der Waals surface area contributed by atoms with Crippen molar-refractivity contribution in [3.63, 3.8) is 0 Å². The zero-order chi connectivity index (χ0) is 15.6. The highest BCUT2D eigenvalue weighted by atomic mass is 35.5. The maximum Gasteiger partial charge on any atom is 0.256 e. The summed E-state index contributed by atoms with van der Waals surface area (Å²) in [6.45, 7) is 1.95. The number of nitrogens with two attached hydrogens (primary N) is 1. The van der Waals surface area contributed by atoms with Crippen LogP contribution in [-0.4, -0.2) is 17.9 Å². The molecular weight excluding hydrogens is 307 g/mol. The number of amides is 1. The number of rotatable bonds is 3. The van der Waals surface area contributed by atoms with Gasteiger partial charge in [-0.3, -0.25) is 4.79 Å². The number of nitrogen functional groups attached to an aromatic ring is 1. The Balaban J connectivity index is 2.26. The van der Waals surface area contributed by atoms with E-state index in [0.29, 0.717) is 21.3 Å². The summed E-state index contributed by atoms with van der Waals surface area (Å²) in [4.78, 5) is 14.2. The first-order valence-electron chi connectivity index (χ1n) is 6.48. The number of nitrogens with zero attached hydrogens (tertiary/aromatic N) is 1. The SMILES string of the molecule is CC(c1ccc(Cl)cc1)N(C)C(=O)c1cccc(Cl)c1N. The Kier molecular flexibility index (Phi) is 4.76. The van der Waals surface area contributed by atoms with E-state index in [1.165, 1.54) is 0 Å². The van der Waals surface area contributed by atoms with Crippen LogP contribution < -0.4 is 5.73 Å². The summed E-state index contributed by atoms with van der Waals surface area (Å²) in [7, 11) is 1.74. The van der Waals surface area contributed by atoms with Crippen LogP contribution in [0.2, 0.25) is 10.0 Å². The number of halogens is 2. The van der Waals surface area contributed by atoms with E-state index in [9.17, 15) is 4.79 Å². The van der Waals surface area contributed by atoms with Gasteiger partial charge in [-0.25, -0.2) is 0 Å². The third kappa shape index (κ3) is 3.31. The van der Waals surface area contributed by atoms with Gasteiger partial charge in [-0.15, -0.1) is 0 Å². The van der Waals surface area contributed by atoms with E-state index in [-0.39, 0.29) is 11.9 Å². The molecule has 2 aromatic rings. The van der Waals surface area contributed by atoms with Gasteiger partial charge in [0.2, 0.25) is 0 Å². The highest BCUT2D eigenvalue weighted by molar-refractivity contribution is 6.34. The van der Waals surface area contributed by atoms with Crippen LogP contribution in [0.5, 0.6) is 0 Å². The zero-order valence-electron chi connectivity index (χ0n) is 11.8. The molecule has 0 saturated heterocycles. The molecule has 1 unspecified atom stereocenters. The Morgan fingerprint density at radius 2 is 1.76 bits per heavy atom. The lowest BCUT2D eigenvalue weighted by molar-refractivity contribution is 0.0743. The number of carbonyl (C=O) groups excluding carboxylic acids is 1. The molecule has 1 atom stereocenters. The lowest BCUT2D eigenvalue weighted by atomic mass is 10.1. The van der Waals surface area contributed by atoms with Crippen LogP contribution in [-0.2, 0) is 0 Å². The topological polar surface area (TPSA) is 46.3 Å². The molecule has 2 rings (SSSR count). The zero-order valence-corrected chi connectivity index (χ0v) is 13.3. The smallest absolute Gasteiger partial charge is 0.256 e. The van der Waals surface area contributed by atoms with Crippen molar-refractivity contribution in [2.24, 2.45) is 0 Å². The van der Waals surface area contributed by atoms with E-state index in [1.54, 1.807) is 42.3 Å². The van der Waals surface area contributed by atoms with Crippen LogP contribution in [0.15, 0.2) is 42.5 Å².